The summed E-state index contributed by atoms with van der Waals surface area (Å²) in [6.45, 7) is 8.75. The molecule has 2 aliphatic heterocycles. The fourth-order valence-electron chi connectivity index (χ4n) is 4.21. The molecule has 0 aliphatic carbocycles. The molecule has 1 atom stereocenters. The van der Waals surface area contributed by atoms with Crippen molar-refractivity contribution in [3.8, 4) is 5.75 Å². The molecule has 0 spiro atoms. The lowest BCUT2D eigenvalue weighted by Crippen LogP contribution is -2.43. The average Bonchev–Trinajstić information content (AvgIpc) is 3.07. The van der Waals surface area contributed by atoms with Crippen LogP contribution in [0.5, 0.6) is 5.75 Å². The topological polar surface area (TPSA) is 49.9 Å². The summed E-state index contributed by atoms with van der Waals surface area (Å²) in [6.07, 6.45) is 5.31. The predicted molar refractivity (Wildman–Crippen MR) is 112 cm³/mol. The van der Waals surface area contributed by atoms with Gasteiger partial charge < -0.3 is 9.64 Å². The highest BCUT2D eigenvalue weighted by atomic mass is 35.5. The predicted octanol–water partition coefficient (Wildman–Crippen LogP) is 2.97. The van der Waals surface area contributed by atoms with E-state index in [9.17, 15) is 8.42 Å². The molecule has 1 fully saturated rings. The van der Waals surface area contributed by atoms with E-state index in [1.165, 1.54) is 17.4 Å². The first-order valence-electron chi connectivity index (χ1n) is 9.80. The zero-order chi connectivity index (χ0) is 18.7. The second kappa shape index (κ2) is 9.59. The van der Waals surface area contributed by atoms with Crippen LogP contribution < -0.4 is 4.74 Å². The Morgan fingerprint density at radius 3 is 2.63 bits per heavy atom. The Morgan fingerprint density at radius 2 is 2.00 bits per heavy atom. The van der Waals surface area contributed by atoms with E-state index in [2.05, 4.69) is 36.9 Å². The van der Waals surface area contributed by atoms with Crippen LogP contribution in [0.4, 0.5) is 0 Å². The molecule has 2 heterocycles. The van der Waals surface area contributed by atoms with Crippen molar-refractivity contribution < 1.29 is 13.2 Å². The van der Waals surface area contributed by atoms with Gasteiger partial charge in [-0.15, -0.1) is 12.4 Å². The Bertz CT molecular complexity index is 718. The number of fused-ring (bicyclic) bond motifs is 1. The van der Waals surface area contributed by atoms with Gasteiger partial charge >= 0.3 is 0 Å². The van der Waals surface area contributed by atoms with Crippen molar-refractivity contribution in [2.75, 3.05) is 39.0 Å². The van der Waals surface area contributed by atoms with Crippen molar-refractivity contribution in [1.82, 2.24) is 9.21 Å². The Balaban J connectivity index is 0.00000261. The molecule has 1 aromatic rings. The first kappa shape index (κ1) is 22.5. The molecule has 5 nitrogen and oxygen atoms in total. The SMILES string of the molecule is CCN(CC1CCN(S(C)(=O)=O)CC1)C(C)Cc1ccc2c(c1)CCO2.Cl. The first-order valence-corrected chi connectivity index (χ1v) is 11.7. The Hall–Kier alpha value is -0.820. The lowest BCUT2D eigenvalue weighted by molar-refractivity contribution is 0.152. The van der Waals surface area contributed by atoms with Crippen LogP contribution in [0.1, 0.15) is 37.8 Å². The largest absolute Gasteiger partial charge is 0.493 e. The molecule has 3 rings (SSSR count). The fourth-order valence-corrected chi connectivity index (χ4v) is 5.09. The smallest absolute Gasteiger partial charge is 0.211 e. The second-order valence-electron chi connectivity index (χ2n) is 7.79. The number of benzene rings is 1. The summed E-state index contributed by atoms with van der Waals surface area (Å²) < 4.78 is 30.6. The molecule has 0 bridgehead atoms. The molecule has 0 saturated carbocycles. The van der Waals surface area contributed by atoms with Gasteiger partial charge in [0.2, 0.25) is 10.0 Å². The van der Waals surface area contributed by atoms with E-state index in [4.69, 9.17) is 4.74 Å². The molecule has 0 N–H and O–H groups in total. The third-order valence-corrected chi connectivity index (χ3v) is 7.15. The van der Waals surface area contributed by atoms with Gasteiger partial charge in [0.1, 0.15) is 5.75 Å². The van der Waals surface area contributed by atoms with E-state index in [-0.39, 0.29) is 12.4 Å². The summed E-state index contributed by atoms with van der Waals surface area (Å²) >= 11 is 0. The minimum atomic E-state index is -3.04. The number of rotatable bonds is 7. The van der Waals surface area contributed by atoms with Gasteiger partial charge in [-0.1, -0.05) is 19.1 Å². The van der Waals surface area contributed by atoms with Gasteiger partial charge in [-0.2, -0.15) is 0 Å². The maximum absolute atomic E-state index is 11.7. The summed E-state index contributed by atoms with van der Waals surface area (Å²) in [5, 5.41) is 0. The average molecular weight is 417 g/mol. The van der Waals surface area contributed by atoms with Gasteiger partial charge in [0.05, 0.1) is 12.9 Å². The molecule has 0 radical (unpaired) electrons. The molecule has 0 amide bonds. The quantitative estimate of drug-likeness (QED) is 0.685. The van der Waals surface area contributed by atoms with Crippen LogP contribution in [0.25, 0.3) is 0 Å². The molecule has 154 valence electrons. The summed E-state index contributed by atoms with van der Waals surface area (Å²) in [7, 11) is -3.04. The summed E-state index contributed by atoms with van der Waals surface area (Å²) in [5.74, 6) is 1.63. The normalized spacial score (nSPS) is 19.4. The molecular formula is C20H33ClN2O3S. The number of likely N-dealkylation sites (N-methyl/N-ethyl adjacent to an activating group) is 1. The van der Waals surface area contributed by atoms with Crippen LogP contribution in [-0.2, 0) is 22.9 Å². The first-order chi connectivity index (χ1) is 12.4. The zero-order valence-electron chi connectivity index (χ0n) is 16.7. The summed E-state index contributed by atoms with van der Waals surface area (Å²) in [4.78, 5) is 2.55. The van der Waals surface area contributed by atoms with E-state index < -0.39 is 10.0 Å². The summed E-state index contributed by atoms with van der Waals surface area (Å²) in [6, 6.07) is 7.09. The van der Waals surface area contributed by atoms with E-state index in [0.717, 1.165) is 51.1 Å². The van der Waals surface area contributed by atoms with Crippen LogP contribution >= 0.6 is 12.4 Å². The Morgan fingerprint density at radius 1 is 1.30 bits per heavy atom. The third-order valence-electron chi connectivity index (χ3n) is 5.85. The maximum atomic E-state index is 11.7. The number of hydrogen-bond acceptors (Lipinski definition) is 4. The van der Waals surface area contributed by atoms with Crippen molar-refractivity contribution in [1.29, 1.82) is 0 Å². The molecule has 27 heavy (non-hydrogen) atoms. The lowest BCUT2D eigenvalue weighted by atomic mass is 9.96. The van der Waals surface area contributed by atoms with Crippen molar-refractivity contribution in [2.24, 2.45) is 5.92 Å². The van der Waals surface area contributed by atoms with Crippen molar-refractivity contribution in [3.63, 3.8) is 0 Å². The van der Waals surface area contributed by atoms with Gasteiger partial charge in [-0.05, 0) is 55.8 Å². The lowest BCUT2D eigenvalue weighted by Gasteiger charge is -2.36. The van der Waals surface area contributed by atoms with Crippen molar-refractivity contribution in [3.05, 3.63) is 29.3 Å². The highest BCUT2D eigenvalue weighted by Gasteiger charge is 2.27. The Kier molecular flexibility index (Phi) is 7.98. The van der Waals surface area contributed by atoms with Crippen LogP contribution in [0.15, 0.2) is 18.2 Å². The Labute approximate surface area is 170 Å². The van der Waals surface area contributed by atoms with Gasteiger partial charge in [-0.25, -0.2) is 12.7 Å². The molecule has 1 aromatic carbocycles. The molecular weight excluding hydrogens is 384 g/mol. The number of halogens is 1. The summed E-state index contributed by atoms with van der Waals surface area (Å²) in [5.41, 5.74) is 2.72. The number of ether oxygens (including phenoxy) is 1. The van der Waals surface area contributed by atoms with Crippen LogP contribution in [0.3, 0.4) is 0 Å². The minimum absolute atomic E-state index is 0. The molecule has 7 heteroatoms. The third kappa shape index (κ3) is 5.83. The highest BCUT2D eigenvalue weighted by Crippen LogP contribution is 2.27. The fraction of sp³-hybridized carbons (Fsp3) is 0.700. The zero-order valence-corrected chi connectivity index (χ0v) is 18.3. The van der Waals surface area contributed by atoms with E-state index in [1.807, 2.05) is 0 Å². The number of piperidine rings is 1. The van der Waals surface area contributed by atoms with Crippen LogP contribution in [0.2, 0.25) is 0 Å². The van der Waals surface area contributed by atoms with Gasteiger partial charge in [0.25, 0.3) is 0 Å². The molecule has 1 unspecified atom stereocenters. The van der Waals surface area contributed by atoms with Crippen molar-refractivity contribution >= 4 is 22.4 Å². The number of nitrogens with zero attached hydrogens (tertiary/aromatic N) is 2. The highest BCUT2D eigenvalue weighted by molar-refractivity contribution is 7.88. The van der Waals surface area contributed by atoms with Gasteiger partial charge in [-0.3, -0.25) is 0 Å². The number of sulfonamides is 1. The molecule has 0 aromatic heterocycles. The monoisotopic (exact) mass is 416 g/mol. The van der Waals surface area contributed by atoms with Gasteiger partial charge in [0, 0.05) is 32.1 Å². The molecule has 1 saturated heterocycles. The maximum Gasteiger partial charge on any atom is 0.211 e. The molecule has 2 aliphatic rings. The van der Waals surface area contributed by atoms with Crippen LogP contribution in [0, 0.1) is 5.92 Å². The van der Waals surface area contributed by atoms with E-state index in [0.29, 0.717) is 25.0 Å². The van der Waals surface area contributed by atoms with E-state index >= 15 is 0 Å². The van der Waals surface area contributed by atoms with Gasteiger partial charge in [0.15, 0.2) is 0 Å². The number of hydrogen-bond donors (Lipinski definition) is 0. The van der Waals surface area contributed by atoms with Crippen LogP contribution in [-0.4, -0.2) is 62.7 Å². The van der Waals surface area contributed by atoms with Crippen molar-refractivity contribution in [2.45, 2.75) is 45.6 Å². The van der Waals surface area contributed by atoms with E-state index in [1.54, 1.807) is 4.31 Å². The minimum Gasteiger partial charge on any atom is -0.493 e. The standard InChI is InChI=1S/C20H32N2O3S.ClH/c1-4-21(15-17-7-10-22(11-8-17)26(3,23)24)16(2)13-18-5-6-20-19(14-18)9-12-25-20;/h5-6,14,16-17H,4,7-13,15H2,1-3H3;1H. The second-order valence-corrected chi connectivity index (χ2v) is 9.77.